The van der Waals surface area contributed by atoms with E-state index in [1.807, 2.05) is 26.0 Å². The number of rotatable bonds is 5. The van der Waals surface area contributed by atoms with Gasteiger partial charge in [-0.1, -0.05) is 13.8 Å². The predicted molar refractivity (Wildman–Crippen MR) is 136 cm³/mol. The fourth-order valence-electron chi connectivity index (χ4n) is 4.46. The van der Waals surface area contributed by atoms with Gasteiger partial charge in [-0.2, -0.15) is 4.98 Å². The van der Waals surface area contributed by atoms with E-state index in [1.165, 1.54) is 6.20 Å². The fourth-order valence-corrected chi connectivity index (χ4v) is 5.01. The van der Waals surface area contributed by atoms with E-state index in [-0.39, 0.29) is 17.6 Å². The Hall–Kier alpha value is -3.60. The van der Waals surface area contributed by atoms with Crippen molar-refractivity contribution < 1.29 is 18.3 Å². The topological polar surface area (TPSA) is 144 Å². The van der Waals surface area contributed by atoms with E-state index < -0.39 is 15.9 Å². The summed E-state index contributed by atoms with van der Waals surface area (Å²) >= 11 is 0. The number of anilines is 3. The molecule has 2 aromatic heterocycles. The molecule has 0 saturated carbocycles. The van der Waals surface area contributed by atoms with Crippen molar-refractivity contribution in [2.45, 2.75) is 40.2 Å². The van der Waals surface area contributed by atoms with Gasteiger partial charge in [-0.25, -0.2) is 18.4 Å². The van der Waals surface area contributed by atoms with Crippen molar-refractivity contribution in [1.29, 1.82) is 0 Å². The largest absolute Gasteiger partial charge is 0.492 e. The molecule has 1 aromatic carbocycles. The average Bonchev–Trinajstić information content (AvgIpc) is 2.96. The van der Waals surface area contributed by atoms with Crippen molar-refractivity contribution in [3.8, 4) is 22.8 Å². The summed E-state index contributed by atoms with van der Waals surface area (Å²) in [5.41, 5.74) is 11.3. The lowest BCUT2D eigenvalue weighted by Crippen LogP contribution is -2.28. The van der Waals surface area contributed by atoms with Crippen molar-refractivity contribution in [2.24, 2.45) is 0 Å². The second kappa shape index (κ2) is 9.21. The Morgan fingerprint density at radius 1 is 1.17 bits per heavy atom. The highest BCUT2D eigenvalue weighted by Gasteiger charge is 2.24. The van der Waals surface area contributed by atoms with E-state index >= 15 is 0 Å². The molecule has 3 aromatic rings. The Bertz CT molecular complexity index is 1390. The number of aromatic hydroxyl groups is 1. The van der Waals surface area contributed by atoms with Crippen LogP contribution in [0, 0.1) is 13.8 Å². The van der Waals surface area contributed by atoms with E-state index in [4.69, 9.17) is 10.5 Å². The number of aromatic nitrogens is 3. The molecule has 0 fully saturated rings. The van der Waals surface area contributed by atoms with Crippen molar-refractivity contribution >= 4 is 27.5 Å². The lowest BCUT2D eigenvalue weighted by Gasteiger charge is -2.26. The first-order chi connectivity index (χ1) is 16.4. The van der Waals surface area contributed by atoms with Gasteiger partial charge in [-0.05, 0) is 49.1 Å². The lowest BCUT2D eigenvalue weighted by molar-refractivity contribution is 0.329. The van der Waals surface area contributed by atoms with Crippen LogP contribution < -0.4 is 20.1 Å². The van der Waals surface area contributed by atoms with Gasteiger partial charge in [0, 0.05) is 35.1 Å². The van der Waals surface area contributed by atoms with Crippen LogP contribution in [-0.2, 0) is 16.6 Å². The van der Waals surface area contributed by atoms with E-state index in [9.17, 15) is 13.5 Å². The second-order valence-electron chi connectivity index (χ2n) is 9.08. The number of aryl methyl sites for hydroxylation is 2. The van der Waals surface area contributed by atoms with Crippen LogP contribution in [0.25, 0.3) is 11.1 Å². The summed E-state index contributed by atoms with van der Waals surface area (Å²) in [6.07, 6.45) is 2.52. The van der Waals surface area contributed by atoms with Crippen molar-refractivity contribution in [3.05, 3.63) is 46.8 Å². The highest BCUT2D eigenvalue weighted by molar-refractivity contribution is 7.92. The van der Waals surface area contributed by atoms with Crippen LogP contribution in [0.5, 0.6) is 11.6 Å². The molecule has 0 bridgehead atoms. The maximum absolute atomic E-state index is 11.7. The Morgan fingerprint density at radius 2 is 1.91 bits per heavy atom. The average molecular weight is 499 g/mol. The number of nitrogen functional groups attached to an aromatic ring is 1. The summed E-state index contributed by atoms with van der Waals surface area (Å²) in [4.78, 5) is 15.1. The number of fused-ring (bicyclic) bond motifs is 1. The molecule has 0 spiro atoms. The fraction of sp³-hybridized carbons (Fsp3) is 0.375. The predicted octanol–water partition coefficient (Wildman–Crippen LogP) is 3.34. The third kappa shape index (κ3) is 5.24. The van der Waals surface area contributed by atoms with Crippen LogP contribution in [0.15, 0.2) is 24.4 Å². The van der Waals surface area contributed by atoms with Gasteiger partial charge in [-0.15, -0.1) is 0 Å². The monoisotopic (exact) mass is 498 g/mol. The number of ether oxygens (including phenoxy) is 1. The third-order valence-corrected chi connectivity index (χ3v) is 6.42. The van der Waals surface area contributed by atoms with Gasteiger partial charge in [0.05, 0.1) is 12.8 Å². The maximum Gasteiger partial charge on any atom is 0.235 e. The number of pyridine rings is 1. The Morgan fingerprint density at radius 3 is 2.60 bits per heavy atom. The van der Waals surface area contributed by atoms with Crippen LogP contribution in [0.1, 0.15) is 42.1 Å². The quantitative estimate of drug-likeness (QED) is 0.482. The van der Waals surface area contributed by atoms with Gasteiger partial charge >= 0.3 is 0 Å². The van der Waals surface area contributed by atoms with E-state index in [2.05, 4.69) is 38.4 Å². The number of hydrogen-bond donors (Lipinski definition) is 3. The molecule has 10 nitrogen and oxygen atoms in total. The van der Waals surface area contributed by atoms with Gasteiger partial charge in [0.25, 0.3) is 0 Å². The number of nitrogens with zero attached hydrogens (tertiary/aromatic N) is 4. The van der Waals surface area contributed by atoms with Crippen LogP contribution in [0.2, 0.25) is 0 Å². The van der Waals surface area contributed by atoms with E-state index in [0.29, 0.717) is 25.3 Å². The van der Waals surface area contributed by atoms with E-state index in [1.54, 1.807) is 6.07 Å². The number of hydrogen-bond acceptors (Lipinski definition) is 9. The molecule has 4 N–H and O–H groups in total. The molecule has 11 heteroatoms. The molecule has 186 valence electrons. The highest BCUT2D eigenvalue weighted by atomic mass is 32.2. The van der Waals surface area contributed by atoms with Gasteiger partial charge in [0.1, 0.15) is 23.9 Å². The molecule has 0 radical (unpaired) electrons. The number of benzene rings is 1. The molecule has 1 aliphatic rings. The summed E-state index contributed by atoms with van der Waals surface area (Å²) in [6, 6.07) is 5.51. The SMILES string of the molecule is Cc1cc(-c2cnc(O)c(NS(C)(=O)=O)c2)cc2c1OCCN(c1nc(N)nc(C)c1C(C)C)C2. The molecule has 35 heavy (non-hydrogen) atoms. The van der Waals surface area contributed by atoms with Crippen LogP contribution in [-0.4, -0.2) is 47.9 Å². The standard InChI is InChI=1S/C24H30N6O4S/c1-13(2)20-15(4)27-24(25)28-22(20)30-6-7-34-21-14(3)8-16(9-18(21)12-30)17-10-19(23(31)26-11-17)29-35(5,32)33/h8-11,13,29H,6-7,12H2,1-5H3,(H,26,31)(H2,25,27,28). The van der Waals surface area contributed by atoms with Gasteiger partial charge < -0.3 is 20.5 Å². The van der Waals surface area contributed by atoms with Crippen LogP contribution in [0.3, 0.4) is 0 Å². The minimum atomic E-state index is -3.58. The molecule has 4 rings (SSSR count). The molecular formula is C24H30N6O4S. The summed E-state index contributed by atoms with van der Waals surface area (Å²) in [5.74, 6) is 1.67. The zero-order chi connectivity index (χ0) is 25.5. The van der Waals surface area contributed by atoms with Gasteiger partial charge in [0.2, 0.25) is 21.9 Å². The highest BCUT2D eigenvalue weighted by Crippen LogP contribution is 2.37. The molecular weight excluding hydrogens is 468 g/mol. The summed E-state index contributed by atoms with van der Waals surface area (Å²) < 4.78 is 31.8. The first-order valence-corrected chi connectivity index (χ1v) is 13.1. The number of nitrogens with two attached hydrogens (primary N) is 1. The summed E-state index contributed by atoms with van der Waals surface area (Å²) in [5, 5.41) is 10.0. The Kier molecular flexibility index (Phi) is 6.46. The molecule has 0 saturated heterocycles. The van der Waals surface area contributed by atoms with Gasteiger partial charge in [0.15, 0.2) is 0 Å². The Labute approximate surface area is 205 Å². The number of nitrogens with one attached hydrogen (secondary N) is 1. The Balaban J connectivity index is 1.77. The molecule has 0 unspecified atom stereocenters. The van der Waals surface area contributed by atoms with Crippen LogP contribution >= 0.6 is 0 Å². The maximum atomic E-state index is 11.7. The van der Waals surface area contributed by atoms with E-state index in [0.717, 1.165) is 45.8 Å². The first kappa shape index (κ1) is 24.5. The van der Waals surface area contributed by atoms with Crippen LogP contribution in [0.4, 0.5) is 17.5 Å². The van der Waals surface area contributed by atoms with Crippen molar-refractivity contribution in [2.75, 3.05) is 34.8 Å². The summed E-state index contributed by atoms with van der Waals surface area (Å²) in [6.45, 7) is 9.78. The number of sulfonamides is 1. The molecule has 0 atom stereocenters. The second-order valence-corrected chi connectivity index (χ2v) is 10.8. The molecule has 3 heterocycles. The van der Waals surface area contributed by atoms with Crippen molar-refractivity contribution in [3.63, 3.8) is 0 Å². The first-order valence-electron chi connectivity index (χ1n) is 11.3. The van der Waals surface area contributed by atoms with Gasteiger partial charge in [-0.3, -0.25) is 4.72 Å². The normalized spacial score (nSPS) is 13.8. The molecule has 1 aliphatic heterocycles. The zero-order valence-corrected chi connectivity index (χ0v) is 21.3. The zero-order valence-electron chi connectivity index (χ0n) is 20.5. The lowest BCUT2D eigenvalue weighted by atomic mass is 9.99. The molecule has 0 aliphatic carbocycles. The van der Waals surface area contributed by atoms with Crippen molar-refractivity contribution in [1.82, 2.24) is 15.0 Å². The minimum Gasteiger partial charge on any atom is -0.492 e. The third-order valence-electron chi connectivity index (χ3n) is 5.83. The molecule has 0 amide bonds. The minimum absolute atomic E-state index is 0.0176. The summed E-state index contributed by atoms with van der Waals surface area (Å²) in [7, 11) is -3.58. The smallest absolute Gasteiger partial charge is 0.235 e.